The van der Waals surface area contributed by atoms with Crippen LogP contribution in [0.3, 0.4) is 0 Å². The van der Waals surface area contributed by atoms with Gasteiger partial charge in [-0.15, -0.1) is 11.3 Å². The van der Waals surface area contributed by atoms with Gasteiger partial charge in [0.2, 0.25) is 11.8 Å². The third-order valence-electron chi connectivity index (χ3n) is 4.68. The minimum atomic E-state index is -0.0471. The van der Waals surface area contributed by atoms with Crippen molar-refractivity contribution < 1.29 is 9.59 Å². The van der Waals surface area contributed by atoms with Crippen LogP contribution in [0.25, 0.3) is 0 Å². The number of carbonyl (C=O) groups excluding carboxylic acids is 2. The number of fused-ring (bicyclic) bond motifs is 1. The summed E-state index contributed by atoms with van der Waals surface area (Å²) in [6.07, 6.45) is 4.15. The molecule has 1 aromatic heterocycles. The van der Waals surface area contributed by atoms with Gasteiger partial charge in [0.15, 0.2) is 0 Å². The van der Waals surface area contributed by atoms with Gasteiger partial charge in [0.05, 0.1) is 13.1 Å². The van der Waals surface area contributed by atoms with Gasteiger partial charge in [-0.25, -0.2) is 0 Å². The van der Waals surface area contributed by atoms with Gasteiger partial charge in [-0.2, -0.15) is 0 Å². The van der Waals surface area contributed by atoms with Gasteiger partial charge in [0.1, 0.15) is 0 Å². The average Bonchev–Trinajstić information content (AvgIpc) is 3.20. The maximum atomic E-state index is 12.5. The van der Waals surface area contributed by atoms with E-state index in [9.17, 15) is 9.59 Å². The highest BCUT2D eigenvalue weighted by Gasteiger charge is 2.29. The van der Waals surface area contributed by atoms with E-state index in [-0.39, 0.29) is 18.4 Å². The van der Waals surface area contributed by atoms with Crippen molar-refractivity contribution in [3.8, 4) is 0 Å². The third kappa shape index (κ3) is 3.93. The number of carbonyl (C=O) groups is 2. The molecule has 0 bridgehead atoms. The summed E-state index contributed by atoms with van der Waals surface area (Å²) < 4.78 is 0. The van der Waals surface area contributed by atoms with E-state index in [2.05, 4.69) is 28.6 Å². The third-order valence-corrected chi connectivity index (χ3v) is 5.68. The van der Waals surface area contributed by atoms with Crippen molar-refractivity contribution >= 4 is 23.2 Å². The second-order valence-corrected chi connectivity index (χ2v) is 7.54. The van der Waals surface area contributed by atoms with Gasteiger partial charge >= 0.3 is 0 Å². The predicted octanol–water partition coefficient (Wildman–Crippen LogP) is 1.79. The Kier molecular flexibility index (Phi) is 5.02. The second-order valence-electron chi connectivity index (χ2n) is 6.54. The SMILES string of the molecule is CCC1c2ccsc2CCN1CC(=O)N(C)CC(=O)NC1CC1. The van der Waals surface area contributed by atoms with Crippen LogP contribution < -0.4 is 5.32 Å². The zero-order valence-electron chi connectivity index (χ0n) is 13.9. The molecule has 1 aromatic rings. The van der Waals surface area contributed by atoms with Crippen molar-refractivity contribution in [2.75, 3.05) is 26.7 Å². The molecule has 1 N–H and O–H groups in total. The molecule has 126 valence electrons. The molecule has 6 heteroatoms. The number of hydrogen-bond acceptors (Lipinski definition) is 4. The lowest BCUT2D eigenvalue weighted by Gasteiger charge is -2.35. The lowest BCUT2D eigenvalue weighted by atomic mass is 9.98. The van der Waals surface area contributed by atoms with Crippen LogP contribution >= 0.6 is 11.3 Å². The van der Waals surface area contributed by atoms with E-state index in [1.807, 2.05) is 11.3 Å². The van der Waals surface area contributed by atoms with Crippen molar-refractivity contribution in [1.82, 2.24) is 15.1 Å². The summed E-state index contributed by atoms with van der Waals surface area (Å²) in [6, 6.07) is 2.86. The molecule has 0 spiro atoms. The van der Waals surface area contributed by atoms with Crippen LogP contribution in [-0.4, -0.2) is 54.3 Å². The fourth-order valence-corrected chi connectivity index (χ4v) is 4.14. The highest BCUT2D eigenvalue weighted by Crippen LogP contribution is 2.34. The molecule has 1 unspecified atom stereocenters. The Hall–Kier alpha value is -1.40. The van der Waals surface area contributed by atoms with Gasteiger partial charge in [0, 0.05) is 30.6 Å². The molecular formula is C17H25N3O2S. The zero-order valence-corrected chi connectivity index (χ0v) is 14.7. The molecule has 0 saturated heterocycles. The molecule has 1 aliphatic carbocycles. The molecule has 2 aliphatic rings. The standard InChI is InChI=1S/C17H25N3O2S/c1-3-14-13-7-9-23-15(13)6-8-20(14)11-17(22)19(2)10-16(21)18-12-4-5-12/h7,9,12,14H,3-6,8,10-11H2,1-2H3,(H,18,21). The van der Waals surface area contributed by atoms with Gasteiger partial charge in [-0.1, -0.05) is 6.92 Å². The van der Waals surface area contributed by atoms with Crippen molar-refractivity contribution in [2.24, 2.45) is 0 Å². The summed E-state index contributed by atoms with van der Waals surface area (Å²) in [5.41, 5.74) is 1.38. The lowest BCUT2D eigenvalue weighted by molar-refractivity contribution is -0.136. The Morgan fingerprint density at radius 3 is 2.91 bits per heavy atom. The van der Waals surface area contributed by atoms with Crippen molar-refractivity contribution in [3.05, 3.63) is 21.9 Å². The van der Waals surface area contributed by atoms with E-state index in [0.717, 1.165) is 32.2 Å². The molecule has 5 nitrogen and oxygen atoms in total. The van der Waals surface area contributed by atoms with Gasteiger partial charge in [-0.3, -0.25) is 14.5 Å². The first-order chi connectivity index (χ1) is 11.1. The van der Waals surface area contributed by atoms with Crippen molar-refractivity contribution in [2.45, 2.75) is 44.7 Å². The van der Waals surface area contributed by atoms with E-state index in [0.29, 0.717) is 18.6 Å². The van der Waals surface area contributed by atoms with Crippen LogP contribution in [0, 0.1) is 0 Å². The quantitative estimate of drug-likeness (QED) is 0.862. The minimum absolute atomic E-state index is 0.0214. The molecule has 1 atom stereocenters. The fraction of sp³-hybridized carbons (Fsp3) is 0.647. The Morgan fingerprint density at radius 2 is 2.22 bits per heavy atom. The summed E-state index contributed by atoms with van der Waals surface area (Å²) >= 11 is 1.82. The maximum absolute atomic E-state index is 12.5. The zero-order chi connectivity index (χ0) is 16.4. The number of likely N-dealkylation sites (N-methyl/N-ethyl adjacent to an activating group) is 1. The second kappa shape index (κ2) is 7.01. The fourth-order valence-electron chi connectivity index (χ4n) is 3.21. The van der Waals surface area contributed by atoms with Crippen LogP contribution in [0.4, 0.5) is 0 Å². The number of thiophene rings is 1. The van der Waals surface area contributed by atoms with Gasteiger partial charge < -0.3 is 10.2 Å². The smallest absolute Gasteiger partial charge is 0.239 e. The Morgan fingerprint density at radius 1 is 1.43 bits per heavy atom. The van der Waals surface area contributed by atoms with Crippen LogP contribution in [0.2, 0.25) is 0 Å². The molecule has 3 rings (SSSR count). The summed E-state index contributed by atoms with van der Waals surface area (Å²) in [7, 11) is 1.72. The molecule has 1 fully saturated rings. The van der Waals surface area contributed by atoms with E-state index < -0.39 is 0 Å². The monoisotopic (exact) mass is 335 g/mol. The number of hydrogen-bond donors (Lipinski definition) is 1. The summed E-state index contributed by atoms with van der Waals surface area (Å²) in [5, 5.41) is 5.07. The summed E-state index contributed by atoms with van der Waals surface area (Å²) in [5.74, 6) is -0.0257. The van der Waals surface area contributed by atoms with Crippen molar-refractivity contribution in [1.29, 1.82) is 0 Å². The highest BCUT2D eigenvalue weighted by molar-refractivity contribution is 7.10. The van der Waals surface area contributed by atoms with Crippen LogP contribution in [-0.2, 0) is 16.0 Å². The topological polar surface area (TPSA) is 52.7 Å². The number of rotatable bonds is 6. The molecule has 1 saturated carbocycles. The Labute approximate surface area is 141 Å². The van der Waals surface area contributed by atoms with E-state index in [1.54, 1.807) is 11.9 Å². The number of amides is 2. The van der Waals surface area contributed by atoms with Crippen molar-refractivity contribution in [3.63, 3.8) is 0 Å². The number of nitrogens with one attached hydrogen (secondary N) is 1. The Balaban J connectivity index is 1.55. The van der Waals surface area contributed by atoms with Gasteiger partial charge in [0.25, 0.3) is 0 Å². The number of nitrogens with zero attached hydrogens (tertiary/aromatic N) is 2. The molecule has 1 aliphatic heterocycles. The molecule has 0 radical (unpaired) electrons. The summed E-state index contributed by atoms with van der Waals surface area (Å²) in [4.78, 5) is 29.6. The van der Waals surface area contributed by atoms with Crippen LogP contribution in [0.1, 0.15) is 42.7 Å². The highest BCUT2D eigenvalue weighted by atomic mass is 32.1. The lowest BCUT2D eigenvalue weighted by Crippen LogP contribution is -2.45. The molecule has 23 heavy (non-hydrogen) atoms. The maximum Gasteiger partial charge on any atom is 0.239 e. The molecule has 2 heterocycles. The van der Waals surface area contributed by atoms with E-state index >= 15 is 0 Å². The first-order valence-electron chi connectivity index (χ1n) is 8.42. The largest absolute Gasteiger partial charge is 0.352 e. The van der Waals surface area contributed by atoms with Gasteiger partial charge in [-0.05, 0) is 42.7 Å². The Bertz CT molecular complexity index is 582. The normalized spacial score (nSPS) is 20.9. The molecular weight excluding hydrogens is 310 g/mol. The van der Waals surface area contributed by atoms with E-state index in [1.165, 1.54) is 10.4 Å². The first kappa shape index (κ1) is 16.5. The van der Waals surface area contributed by atoms with E-state index in [4.69, 9.17) is 0 Å². The van der Waals surface area contributed by atoms with Crippen LogP contribution in [0.5, 0.6) is 0 Å². The molecule has 0 aromatic carbocycles. The summed E-state index contributed by atoms with van der Waals surface area (Å²) in [6.45, 7) is 3.63. The average molecular weight is 335 g/mol. The first-order valence-corrected chi connectivity index (χ1v) is 9.30. The minimum Gasteiger partial charge on any atom is -0.352 e. The predicted molar refractivity (Wildman–Crippen MR) is 91.4 cm³/mol. The van der Waals surface area contributed by atoms with Crippen LogP contribution in [0.15, 0.2) is 11.4 Å². The molecule has 2 amide bonds.